The van der Waals surface area contributed by atoms with Crippen LogP contribution in [-0.4, -0.2) is 32.8 Å². The van der Waals surface area contributed by atoms with E-state index < -0.39 is 0 Å². The van der Waals surface area contributed by atoms with Crippen LogP contribution in [0.5, 0.6) is 11.5 Å². The number of aromatic nitrogens is 3. The number of halogens is 1. The average Bonchev–Trinajstić information content (AvgIpc) is 2.82. The molecular formula is C13H15BrN4O2S. The molecule has 0 aliphatic rings. The molecule has 0 fully saturated rings. The van der Waals surface area contributed by atoms with Crippen molar-refractivity contribution in [3.8, 4) is 11.5 Å². The summed E-state index contributed by atoms with van der Waals surface area (Å²) in [6.07, 6.45) is 2.35. The van der Waals surface area contributed by atoms with Crippen molar-refractivity contribution in [1.29, 1.82) is 0 Å². The van der Waals surface area contributed by atoms with Gasteiger partial charge < -0.3 is 9.84 Å². The molecule has 2 aromatic rings. The molecule has 0 aliphatic carbocycles. The molecule has 1 heterocycles. The van der Waals surface area contributed by atoms with Gasteiger partial charge in [-0.2, -0.15) is 14.9 Å². The van der Waals surface area contributed by atoms with Crippen molar-refractivity contribution in [2.24, 2.45) is 5.10 Å². The molecule has 2 N–H and O–H groups in total. The Balaban J connectivity index is 2.37. The van der Waals surface area contributed by atoms with E-state index in [-0.39, 0.29) is 5.75 Å². The maximum atomic E-state index is 9.88. The predicted octanol–water partition coefficient (Wildman–Crippen LogP) is 3.25. The molecule has 0 amide bonds. The Morgan fingerprint density at radius 2 is 2.29 bits per heavy atom. The minimum absolute atomic E-state index is 0.0724. The maximum Gasteiger partial charge on any atom is 0.216 e. The zero-order valence-electron chi connectivity index (χ0n) is 11.6. The lowest BCUT2D eigenvalue weighted by molar-refractivity contribution is 0.317. The highest BCUT2D eigenvalue weighted by Crippen LogP contribution is 2.35. The molecule has 1 aromatic heterocycles. The van der Waals surface area contributed by atoms with Crippen LogP contribution in [0.15, 0.2) is 21.7 Å². The van der Waals surface area contributed by atoms with Crippen LogP contribution in [0.4, 0.5) is 0 Å². The number of nitrogens with one attached hydrogen (secondary N) is 1. The number of nitrogens with zero attached hydrogens (tertiary/aromatic N) is 3. The van der Waals surface area contributed by atoms with Gasteiger partial charge in [-0.1, -0.05) is 6.92 Å². The second kappa shape index (κ2) is 6.86. The fraction of sp³-hybridized carbons (Fsp3) is 0.308. The first-order valence-electron chi connectivity index (χ1n) is 6.42. The summed E-state index contributed by atoms with van der Waals surface area (Å²) in [6, 6.07) is 3.46. The summed E-state index contributed by atoms with van der Waals surface area (Å²) in [6.45, 7) is 4.29. The van der Waals surface area contributed by atoms with Crippen LogP contribution in [0.25, 0.3) is 0 Å². The first kappa shape index (κ1) is 15.7. The molecular weight excluding hydrogens is 356 g/mol. The molecule has 21 heavy (non-hydrogen) atoms. The lowest BCUT2D eigenvalue weighted by Crippen LogP contribution is -1.98. The largest absolute Gasteiger partial charge is 0.503 e. The van der Waals surface area contributed by atoms with E-state index in [0.29, 0.717) is 28.0 Å². The van der Waals surface area contributed by atoms with Gasteiger partial charge in [-0.25, -0.2) is 0 Å². The van der Waals surface area contributed by atoms with Crippen molar-refractivity contribution in [2.75, 3.05) is 6.61 Å². The van der Waals surface area contributed by atoms with Gasteiger partial charge in [-0.05, 0) is 52.8 Å². The molecule has 0 radical (unpaired) electrons. The van der Waals surface area contributed by atoms with Crippen molar-refractivity contribution in [3.63, 3.8) is 0 Å². The summed E-state index contributed by atoms with van der Waals surface area (Å²) in [7, 11) is 0. The lowest BCUT2D eigenvalue weighted by Gasteiger charge is -2.08. The highest BCUT2D eigenvalue weighted by molar-refractivity contribution is 9.10. The van der Waals surface area contributed by atoms with E-state index in [1.54, 1.807) is 23.0 Å². The number of H-pyrrole nitrogens is 1. The number of hydrogen-bond donors (Lipinski definition) is 2. The van der Waals surface area contributed by atoms with Crippen LogP contribution >= 0.6 is 28.1 Å². The smallest absolute Gasteiger partial charge is 0.216 e. The highest BCUT2D eigenvalue weighted by atomic mass is 79.9. The molecule has 1 aromatic carbocycles. The lowest BCUT2D eigenvalue weighted by atomic mass is 10.2. The first-order chi connectivity index (χ1) is 10.1. The molecule has 0 saturated heterocycles. The fourth-order valence-corrected chi connectivity index (χ4v) is 2.39. The monoisotopic (exact) mass is 370 g/mol. The predicted molar refractivity (Wildman–Crippen MR) is 86.8 cm³/mol. The summed E-state index contributed by atoms with van der Waals surface area (Å²) in [5.41, 5.74) is 0.772. The quantitative estimate of drug-likeness (QED) is 0.625. The number of aromatic hydroxyl groups is 1. The van der Waals surface area contributed by atoms with Gasteiger partial charge in [0.25, 0.3) is 0 Å². The Kier molecular flexibility index (Phi) is 5.13. The fourth-order valence-electron chi connectivity index (χ4n) is 1.73. The van der Waals surface area contributed by atoms with Gasteiger partial charge in [0, 0.05) is 6.42 Å². The number of aromatic amines is 1. The van der Waals surface area contributed by atoms with Crippen molar-refractivity contribution in [2.45, 2.75) is 20.3 Å². The zero-order valence-corrected chi connectivity index (χ0v) is 14.0. The number of benzene rings is 1. The van der Waals surface area contributed by atoms with Gasteiger partial charge in [0.2, 0.25) is 4.77 Å². The van der Waals surface area contributed by atoms with Crippen LogP contribution in [-0.2, 0) is 6.42 Å². The molecule has 0 aliphatic heterocycles. The highest BCUT2D eigenvalue weighted by Gasteiger charge is 2.08. The number of phenols is 1. The molecule has 0 atom stereocenters. The number of ether oxygens (including phenoxy) is 1. The standard InChI is InChI=1S/C13H15BrN4O2S/c1-3-11-16-17-13(21)18(11)15-7-8-5-9(14)12(19)10(6-8)20-4-2/h5-7,19H,3-4H2,1-2H3,(H,17,21)/b15-7+. The van der Waals surface area contributed by atoms with E-state index in [0.717, 1.165) is 11.4 Å². The van der Waals surface area contributed by atoms with E-state index in [9.17, 15) is 5.11 Å². The third-order valence-corrected chi connectivity index (χ3v) is 3.58. The SMILES string of the molecule is CCOc1cc(/C=N/n2c(CC)n[nH]c2=S)cc(Br)c1O. The van der Waals surface area contributed by atoms with Crippen molar-refractivity contribution in [1.82, 2.24) is 14.9 Å². The van der Waals surface area contributed by atoms with Crippen LogP contribution < -0.4 is 4.74 Å². The Hall–Kier alpha value is -1.67. The second-order valence-electron chi connectivity index (χ2n) is 4.14. The summed E-state index contributed by atoms with van der Waals surface area (Å²) < 4.78 is 7.92. The number of aryl methyl sites for hydroxylation is 1. The Labute approximate surface area is 135 Å². The second-order valence-corrected chi connectivity index (χ2v) is 5.38. The van der Waals surface area contributed by atoms with E-state index >= 15 is 0 Å². The first-order valence-corrected chi connectivity index (χ1v) is 7.62. The minimum Gasteiger partial charge on any atom is -0.503 e. The van der Waals surface area contributed by atoms with Crippen molar-refractivity contribution in [3.05, 3.63) is 32.8 Å². The van der Waals surface area contributed by atoms with Gasteiger partial charge in [0.05, 0.1) is 17.3 Å². The summed E-state index contributed by atoms with van der Waals surface area (Å²) in [5.74, 6) is 1.22. The van der Waals surface area contributed by atoms with Crippen molar-refractivity contribution >= 4 is 34.4 Å². The van der Waals surface area contributed by atoms with E-state index in [2.05, 4.69) is 31.2 Å². The Morgan fingerprint density at radius 1 is 1.52 bits per heavy atom. The third kappa shape index (κ3) is 3.51. The molecule has 0 unspecified atom stereocenters. The van der Waals surface area contributed by atoms with Gasteiger partial charge >= 0.3 is 0 Å². The molecule has 112 valence electrons. The van der Waals surface area contributed by atoms with Gasteiger partial charge in [0.15, 0.2) is 17.3 Å². The summed E-state index contributed by atoms with van der Waals surface area (Å²) in [5, 5.41) is 21.0. The molecule has 6 nitrogen and oxygen atoms in total. The number of hydrogen-bond acceptors (Lipinski definition) is 5. The number of phenolic OH excluding ortho intramolecular Hbond substituents is 1. The molecule has 0 spiro atoms. The van der Waals surface area contributed by atoms with Crippen LogP contribution in [0.2, 0.25) is 0 Å². The van der Waals surface area contributed by atoms with E-state index in [4.69, 9.17) is 17.0 Å². The summed E-state index contributed by atoms with van der Waals surface area (Å²) in [4.78, 5) is 0. The normalized spacial score (nSPS) is 11.2. The molecule has 8 heteroatoms. The van der Waals surface area contributed by atoms with Crippen molar-refractivity contribution < 1.29 is 9.84 Å². The van der Waals surface area contributed by atoms with Crippen LogP contribution in [0, 0.1) is 4.77 Å². The topological polar surface area (TPSA) is 75.4 Å². The average molecular weight is 371 g/mol. The Bertz CT molecular complexity index is 723. The van der Waals surface area contributed by atoms with E-state index in [1.807, 2.05) is 13.8 Å². The van der Waals surface area contributed by atoms with Gasteiger partial charge in [0.1, 0.15) is 0 Å². The van der Waals surface area contributed by atoms with Crippen LogP contribution in [0.3, 0.4) is 0 Å². The minimum atomic E-state index is 0.0724. The third-order valence-electron chi connectivity index (χ3n) is 2.71. The van der Waals surface area contributed by atoms with Gasteiger partial charge in [-0.15, -0.1) is 0 Å². The maximum absolute atomic E-state index is 9.88. The molecule has 0 bridgehead atoms. The number of rotatable bonds is 5. The van der Waals surface area contributed by atoms with Gasteiger partial charge in [-0.3, -0.25) is 5.10 Å². The van der Waals surface area contributed by atoms with Crippen LogP contribution in [0.1, 0.15) is 25.2 Å². The Morgan fingerprint density at radius 3 is 2.95 bits per heavy atom. The zero-order chi connectivity index (χ0) is 15.4. The summed E-state index contributed by atoms with van der Waals surface area (Å²) >= 11 is 8.42. The molecule has 0 saturated carbocycles. The molecule has 2 rings (SSSR count). The van der Waals surface area contributed by atoms with E-state index in [1.165, 1.54) is 0 Å².